The van der Waals surface area contributed by atoms with Crippen LogP contribution in [-0.4, -0.2) is 43.8 Å². The van der Waals surface area contributed by atoms with Crippen LogP contribution < -0.4 is 15.4 Å². The molecular formula is C16H19N5O2S2. The van der Waals surface area contributed by atoms with Crippen LogP contribution in [0.15, 0.2) is 40.5 Å². The first-order valence-corrected chi connectivity index (χ1v) is 10.8. The van der Waals surface area contributed by atoms with E-state index in [2.05, 4.69) is 43.5 Å². The average Bonchev–Trinajstić information content (AvgIpc) is 2.49. The lowest BCUT2D eigenvalue weighted by atomic mass is 9.90. The molecule has 1 saturated heterocycles. The molecule has 1 aromatic heterocycles. The molecule has 4 rings (SSSR count). The first-order chi connectivity index (χ1) is 12.0. The fourth-order valence-corrected chi connectivity index (χ4v) is 4.74. The Balaban J connectivity index is 1.55. The molecule has 0 saturated carbocycles. The Bertz CT molecular complexity index is 899. The summed E-state index contributed by atoms with van der Waals surface area (Å²) in [5.41, 5.74) is 2.08. The molecule has 0 radical (unpaired) electrons. The van der Waals surface area contributed by atoms with Crippen LogP contribution in [0, 0.1) is 5.92 Å². The van der Waals surface area contributed by atoms with Crippen molar-refractivity contribution < 1.29 is 8.42 Å². The van der Waals surface area contributed by atoms with E-state index in [0.29, 0.717) is 12.3 Å². The van der Waals surface area contributed by atoms with Crippen molar-refractivity contribution in [3.8, 4) is 0 Å². The van der Waals surface area contributed by atoms with Crippen LogP contribution in [0.1, 0.15) is 5.56 Å². The van der Waals surface area contributed by atoms with Gasteiger partial charge in [-0.3, -0.25) is 0 Å². The number of sulfonamides is 1. The third-order valence-corrected chi connectivity index (χ3v) is 6.17. The van der Waals surface area contributed by atoms with E-state index in [1.54, 1.807) is 24.2 Å². The molecule has 1 fully saturated rings. The van der Waals surface area contributed by atoms with Gasteiger partial charge in [-0.1, -0.05) is 17.8 Å². The van der Waals surface area contributed by atoms with Crippen LogP contribution in [-0.2, 0) is 16.4 Å². The number of rotatable bonds is 5. The van der Waals surface area contributed by atoms with E-state index in [-0.39, 0.29) is 6.04 Å². The number of anilines is 2. The van der Waals surface area contributed by atoms with Crippen molar-refractivity contribution >= 4 is 33.3 Å². The van der Waals surface area contributed by atoms with Crippen LogP contribution in [0.5, 0.6) is 0 Å². The third kappa shape index (κ3) is 3.79. The maximum absolute atomic E-state index is 11.7. The van der Waals surface area contributed by atoms with E-state index in [4.69, 9.17) is 0 Å². The highest BCUT2D eigenvalue weighted by molar-refractivity contribution is 7.99. The summed E-state index contributed by atoms with van der Waals surface area (Å²) in [5, 5.41) is 7.38. The quantitative estimate of drug-likeness (QED) is 0.618. The molecule has 7 nitrogen and oxygen atoms in total. The normalized spacial score (nSPS) is 17.8. The lowest BCUT2D eigenvalue weighted by Gasteiger charge is -2.35. The first-order valence-electron chi connectivity index (χ1n) is 8.05. The molecular weight excluding hydrogens is 358 g/mol. The zero-order valence-electron chi connectivity index (χ0n) is 13.7. The number of nitrogens with one attached hydrogen (secondary N) is 3. The Kier molecular flexibility index (Phi) is 4.40. The van der Waals surface area contributed by atoms with Gasteiger partial charge in [0.25, 0.3) is 0 Å². The summed E-state index contributed by atoms with van der Waals surface area (Å²) in [6.45, 7) is 1.68. The summed E-state index contributed by atoms with van der Waals surface area (Å²) in [5.74, 6) is 1.07. The highest BCUT2D eigenvalue weighted by Crippen LogP contribution is 2.42. The minimum atomic E-state index is -3.24. The molecule has 3 heterocycles. The van der Waals surface area contributed by atoms with E-state index < -0.39 is 10.0 Å². The van der Waals surface area contributed by atoms with Crippen molar-refractivity contribution in [2.24, 2.45) is 5.92 Å². The van der Waals surface area contributed by atoms with Gasteiger partial charge in [-0.25, -0.2) is 23.1 Å². The number of nitrogens with zero attached hydrogens (tertiary/aromatic N) is 2. The van der Waals surface area contributed by atoms with Gasteiger partial charge in [0.15, 0.2) is 5.82 Å². The van der Waals surface area contributed by atoms with Gasteiger partial charge < -0.3 is 10.6 Å². The summed E-state index contributed by atoms with van der Waals surface area (Å²) >= 11 is 1.58. The molecule has 1 unspecified atom stereocenters. The monoisotopic (exact) mass is 377 g/mol. The zero-order valence-corrected chi connectivity index (χ0v) is 15.3. The van der Waals surface area contributed by atoms with E-state index in [9.17, 15) is 8.42 Å². The van der Waals surface area contributed by atoms with Crippen molar-refractivity contribution in [3.05, 3.63) is 36.2 Å². The average molecular weight is 377 g/mol. The Morgan fingerprint density at radius 2 is 2.12 bits per heavy atom. The minimum absolute atomic E-state index is 0.0994. The van der Waals surface area contributed by atoms with E-state index >= 15 is 0 Å². The van der Waals surface area contributed by atoms with Crippen LogP contribution >= 0.6 is 11.8 Å². The van der Waals surface area contributed by atoms with Gasteiger partial charge in [-0.15, -0.1) is 0 Å². The number of fused-ring (bicyclic) bond motifs is 2. The Labute approximate surface area is 151 Å². The minimum Gasteiger partial charge on any atom is -0.337 e. The number of aromatic nitrogens is 2. The van der Waals surface area contributed by atoms with Gasteiger partial charge in [0, 0.05) is 42.3 Å². The molecule has 2 aromatic rings. The second kappa shape index (κ2) is 6.56. The maximum atomic E-state index is 11.7. The fourth-order valence-electron chi connectivity index (χ4n) is 3.04. The third-order valence-electron chi connectivity index (χ3n) is 4.37. The lowest BCUT2D eigenvalue weighted by molar-refractivity contribution is 0.276. The molecule has 0 spiro atoms. The van der Waals surface area contributed by atoms with Gasteiger partial charge in [-0.2, -0.15) is 0 Å². The summed E-state index contributed by atoms with van der Waals surface area (Å²) in [4.78, 5) is 9.73. The molecule has 1 aromatic carbocycles. The SMILES string of the molecule is CS(=O)(=O)NC(Cc1ccc2c(c1)Nc1nccnc1S2)C1CNC1. The molecule has 0 amide bonds. The number of benzene rings is 1. The van der Waals surface area contributed by atoms with Crippen molar-refractivity contribution in [1.82, 2.24) is 20.0 Å². The predicted octanol–water partition coefficient (Wildman–Crippen LogP) is 1.36. The van der Waals surface area contributed by atoms with Crippen molar-refractivity contribution in [1.29, 1.82) is 0 Å². The standard InChI is InChI=1S/C16H19N5O2S2/c1-25(22,23)21-12(11-8-17-9-11)6-10-2-3-14-13(7-10)20-15-16(24-14)19-5-4-18-15/h2-5,7,11-12,17,21H,6,8-9H2,1H3,(H,18,20). The molecule has 25 heavy (non-hydrogen) atoms. The zero-order chi connectivity index (χ0) is 17.4. The largest absolute Gasteiger partial charge is 0.337 e. The van der Waals surface area contributed by atoms with Gasteiger partial charge in [0.1, 0.15) is 5.03 Å². The van der Waals surface area contributed by atoms with E-state index in [0.717, 1.165) is 40.1 Å². The molecule has 1 atom stereocenters. The molecule has 132 valence electrons. The molecule has 2 aliphatic heterocycles. The lowest BCUT2D eigenvalue weighted by Crippen LogP contribution is -2.55. The topological polar surface area (TPSA) is 96.0 Å². The molecule has 3 N–H and O–H groups in total. The molecule has 0 bridgehead atoms. The highest BCUT2D eigenvalue weighted by Gasteiger charge is 2.29. The fraction of sp³-hybridized carbons (Fsp3) is 0.375. The number of hydrogen-bond donors (Lipinski definition) is 3. The summed E-state index contributed by atoms with van der Waals surface area (Å²) in [6.07, 6.45) is 5.22. The van der Waals surface area contributed by atoms with Gasteiger partial charge >= 0.3 is 0 Å². The molecule has 9 heteroatoms. The molecule has 2 aliphatic rings. The second-order valence-corrected chi connectivity index (χ2v) is 9.20. The summed E-state index contributed by atoms with van der Waals surface area (Å²) in [7, 11) is -3.24. The Morgan fingerprint density at radius 1 is 1.32 bits per heavy atom. The number of hydrogen-bond acceptors (Lipinski definition) is 7. The second-order valence-electron chi connectivity index (χ2n) is 6.39. The van der Waals surface area contributed by atoms with Crippen LogP contribution in [0.2, 0.25) is 0 Å². The first kappa shape index (κ1) is 16.8. The van der Waals surface area contributed by atoms with Gasteiger partial charge in [-0.05, 0) is 24.1 Å². The Hall–Kier alpha value is -1.68. The maximum Gasteiger partial charge on any atom is 0.208 e. The van der Waals surface area contributed by atoms with Crippen molar-refractivity contribution in [3.63, 3.8) is 0 Å². The predicted molar refractivity (Wildman–Crippen MR) is 97.7 cm³/mol. The van der Waals surface area contributed by atoms with Crippen molar-refractivity contribution in [2.45, 2.75) is 22.4 Å². The summed E-state index contributed by atoms with van der Waals surface area (Å²) in [6, 6.07) is 6.08. The summed E-state index contributed by atoms with van der Waals surface area (Å²) < 4.78 is 26.2. The molecule has 0 aliphatic carbocycles. The van der Waals surface area contributed by atoms with Crippen LogP contribution in [0.3, 0.4) is 0 Å². The Morgan fingerprint density at radius 3 is 2.84 bits per heavy atom. The van der Waals surface area contributed by atoms with Gasteiger partial charge in [0.2, 0.25) is 10.0 Å². The highest BCUT2D eigenvalue weighted by atomic mass is 32.2. The smallest absolute Gasteiger partial charge is 0.208 e. The van der Waals surface area contributed by atoms with Crippen LogP contribution in [0.4, 0.5) is 11.5 Å². The van der Waals surface area contributed by atoms with Gasteiger partial charge in [0.05, 0.1) is 11.9 Å². The van der Waals surface area contributed by atoms with E-state index in [1.807, 2.05) is 0 Å². The van der Waals surface area contributed by atoms with E-state index in [1.165, 1.54) is 6.26 Å². The van der Waals surface area contributed by atoms with Crippen molar-refractivity contribution in [2.75, 3.05) is 24.7 Å². The van der Waals surface area contributed by atoms with Crippen LogP contribution in [0.25, 0.3) is 0 Å².